The minimum Gasteiger partial charge on any atom is -0.380 e. The summed E-state index contributed by atoms with van der Waals surface area (Å²) >= 11 is 0. The van der Waals surface area contributed by atoms with Gasteiger partial charge in [-0.15, -0.1) is 0 Å². The zero-order chi connectivity index (χ0) is 12.0. The van der Waals surface area contributed by atoms with Crippen LogP contribution in [0.2, 0.25) is 0 Å². The van der Waals surface area contributed by atoms with E-state index in [-0.39, 0.29) is 5.41 Å². The van der Waals surface area contributed by atoms with Crippen molar-refractivity contribution in [3.05, 3.63) is 0 Å². The summed E-state index contributed by atoms with van der Waals surface area (Å²) in [5.41, 5.74) is 6.07. The normalized spacial score (nSPS) is 20.1. The second-order valence-electron chi connectivity index (χ2n) is 5.62. The van der Waals surface area contributed by atoms with Crippen LogP contribution < -0.4 is 5.73 Å². The van der Waals surface area contributed by atoms with Gasteiger partial charge in [-0.25, -0.2) is 0 Å². The average molecular weight is 228 g/mol. The molecule has 1 fully saturated rings. The Morgan fingerprint density at radius 1 is 1.44 bits per heavy atom. The van der Waals surface area contributed by atoms with E-state index in [1.54, 1.807) is 0 Å². The predicted octanol–water partition coefficient (Wildman–Crippen LogP) is 1.72. The van der Waals surface area contributed by atoms with Crippen molar-refractivity contribution in [2.75, 3.05) is 39.9 Å². The molecule has 1 aliphatic rings. The summed E-state index contributed by atoms with van der Waals surface area (Å²) in [5, 5.41) is 0. The highest BCUT2D eigenvalue weighted by atomic mass is 16.5. The fourth-order valence-corrected chi connectivity index (χ4v) is 1.81. The van der Waals surface area contributed by atoms with Crippen molar-refractivity contribution < 1.29 is 4.74 Å². The summed E-state index contributed by atoms with van der Waals surface area (Å²) < 4.78 is 5.64. The van der Waals surface area contributed by atoms with Crippen molar-refractivity contribution in [1.29, 1.82) is 0 Å². The van der Waals surface area contributed by atoms with Crippen LogP contribution in [0.5, 0.6) is 0 Å². The lowest BCUT2D eigenvalue weighted by Crippen LogP contribution is -2.39. The van der Waals surface area contributed by atoms with Gasteiger partial charge in [-0.2, -0.15) is 0 Å². The molecule has 0 aromatic carbocycles. The lowest BCUT2D eigenvalue weighted by molar-refractivity contribution is 0.0898. The van der Waals surface area contributed by atoms with Gasteiger partial charge in [0, 0.05) is 19.7 Å². The summed E-state index contributed by atoms with van der Waals surface area (Å²) in [4.78, 5) is 2.34. The molecule has 3 nitrogen and oxygen atoms in total. The first-order valence-electron chi connectivity index (χ1n) is 6.56. The maximum Gasteiger partial charge on any atom is 0.0593 e. The first kappa shape index (κ1) is 13.9. The minimum absolute atomic E-state index is 0.255. The van der Waals surface area contributed by atoms with Crippen LogP contribution in [0.3, 0.4) is 0 Å². The van der Waals surface area contributed by atoms with Crippen molar-refractivity contribution in [3.63, 3.8) is 0 Å². The van der Waals surface area contributed by atoms with Crippen molar-refractivity contribution in [2.45, 2.75) is 33.1 Å². The van der Waals surface area contributed by atoms with Crippen molar-refractivity contribution in [3.8, 4) is 0 Å². The molecule has 0 radical (unpaired) electrons. The highest BCUT2D eigenvalue weighted by Gasteiger charge is 2.23. The third-order valence-corrected chi connectivity index (χ3v) is 3.67. The van der Waals surface area contributed by atoms with Gasteiger partial charge in [0.2, 0.25) is 0 Å². The minimum atomic E-state index is 0.255. The molecule has 0 amide bonds. The van der Waals surface area contributed by atoms with Crippen LogP contribution in [0, 0.1) is 11.3 Å². The van der Waals surface area contributed by atoms with E-state index in [9.17, 15) is 0 Å². The maximum atomic E-state index is 5.81. The highest BCUT2D eigenvalue weighted by Crippen LogP contribution is 2.28. The molecule has 0 aliphatic heterocycles. The molecule has 96 valence electrons. The zero-order valence-electron chi connectivity index (χ0n) is 11.2. The molecule has 3 heteroatoms. The molecule has 0 saturated heterocycles. The molecule has 2 N–H and O–H groups in total. The van der Waals surface area contributed by atoms with Gasteiger partial charge in [0.15, 0.2) is 0 Å². The van der Waals surface area contributed by atoms with Gasteiger partial charge in [0.25, 0.3) is 0 Å². The smallest absolute Gasteiger partial charge is 0.0593 e. The van der Waals surface area contributed by atoms with Crippen LogP contribution in [0.15, 0.2) is 0 Å². The average Bonchev–Trinajstić information content (AvgIpc) is 3.08. The van der Waals surface area contributed by atoms with Crippen LogP contribution >= 0.6 is 0 Å². The fourth-order valence-electron chi connectivity index (χ4n) is 1.81. The van der Waals surface area contributed by atoms with E-state index < -0.39 is 0 Å². The molecule has 0 bridgehead atoms. The van der Waals surface area contributed by atoms with Gasteiger partial charge in [0.05, 0.1) is 6.61 Å². The molecule has 1 aliphatic carbocycles. The molecule has 0 aromatic rings. The van der Waals surface area contributed by atoms with Gasteiger partial charge < -0.3 is 15.4 Å². The highest BCUT2D eigenvalue weighted by molar-refractivity contribution is 4.77. The number of rotatable bonds is 9. The first-order chi connectivity index (χ1) is 7.59. The number of nitrogens with two attached hydrogens (primary N) is 1. The first-order valence-corrected chi connectivity index (χ1v) is 6.56. The summed E-state index contributed by atoms with van der Waals surface area (Å²) in [6, 6.07) is 0. The number of ether oxygens (including phenoxy) is 1. The Morgan fingerprint density at radius 3 is 2.62 bits per heavy atom. The molecule has 0 spiro atoms. The van der Waals surface area contributed by atoms with E-state index in [1.807, 2.05) is 0 Å². The quantitative estimate of drug-likeness (QED) is 0.611. The van der Waals surface area contributed by atoms with Crippen LogP contribution in [-0.2, 0) is 4.74 Å². The zero-order valence-corrected chi connectivity index (χ0v) is 11.2. The van der Waals surface area contributed by atoms with Gasteiger partial charge in [0.1, 0.15) is 0 Å². The standard InChI is InChI=1S/C13H28N2O/c1-4-13(2,10-14)11-15(3)7-8-16-9-12-5-6-12/h12H,4-11,14H2,1-3H3. The van der Waals surface area contributed by atoms with Gasteiger partial charge >= 0.3 is 0 Å². The number of nitrogens with zero attached hydrogens (tertiary/aromatic N) is 1. The van der Waals surface area contributed by atoms with E-state index in [1.165, 1.54) is 12.8 Å². The molecule has 0 heterocycles. The van der Waals surface area contributed by atoms with Crippen LogP contribution in [0.1, 0.15) is 33.1 Å². The number of hydrogen-bond acceptors (Lipinski definition) is 3. The molecular weight excluding hydrogens is 200 g/mol. The SMILES string of the molecule is CCC(C)(CN)CN(C)CCOCC1CC1. The molecule has 1 saturated carbocycles. The van der Waals surface area contributed by atoms with Crippen LogP contribution in [-0.4, -0.2) is 44.8 Å². The van der Waals surface area contributed by atoms with E-state index >= 15 is 0 Å². The van der Waals surface area contributed by atoms with Gasteiger partial charge in [-0.3, -0.25) is 0 Å². The maximum absolute atomic E-state index is 5.81. The predicted molar refractivity (Wildman–Crippen MR) is 68.5 cm³/mol. The van der Waals surface area contributed by atoms with Gasteiger partial charge in [-0.05, 0) is 44.2 Å². The lowest BCUT2D eigenvalue weighted by atomic mass is 9.87. The lowest BCUT2D eigenvalue weighted by Gasteiger charge is -2.31. The Morgan fingerprint density at radius 2 is 2.12 bits per heavy atom. The monoisotopic (exact) mass is 228 g/mol. The number of hydrogen-bond donors (Lipinski definition) is 1. The van der Waals surface area contributed by atoms with E-state index in [0.717, 1.165) is 45.2 Å². The number of likely N-dealkylation sites (N-methyl/N-ethyl adjacent to an activating group) is 1. The Bertz CT molecular complexity index is 188. The molecular formula is C13H28N2O. The van der Waals surface area contributed by atoms with Crippen LogP contribution in [0.4, 0.5) is 0 Å². The van der Waals surface area contributed by atoms with Crippen molar-refractivity contribution in [1.82, 2.24) is 4.90 Å². The van der Waals surface area contributed by atoms with E-state index in [2.05, 4.69) is 25.8 Å². The second kappa shape index (κ2) is 6.58. The fraction of sp³-hybridized carbons (Fsp3) is 1.00. The largest absolute Gasteiger partial charge is 0.380 e. The van der Waals surface area contributed by atoms with Crippen LogP contribution in [0.25, 0.3) is 0 Å². The van der Waals surface area contributed by atoms with Crippen molar-refractivity contribution >= 4 is 0 Å². The molecule has 0 aromatic heterocycles. The third-order valence-electron chi connectivity index (χ3n) is 3.67. The van der Waals surface area contributed by atoms with Gasteiger partial charge in [-0.1, -0.05) is 13.8 Å². The van der Waals surface area contributed by atoms with Crippen molar-refractivity contribution in [2.24, 2.45) is 17.1 Å². The Labute approximate surface area is 100 Å². The summed E-state index contributed by atoms with van der Waals surface area (Å²) in [6.45, 7) is 9.14. The Balaban J connectivity index is 2.05. The molecule has 1 rings (SSSR count). The summed E-state index contributed by atoms with van der Waals surface area (Å²) in [6.07, 6.45) is 3.88. The summed E-state index contributed by atoms with van der Waals surface area (Å²) in [7, 11) is 2.16. The Kier molecular flexibility index (Phi) is 5.73. The summed E-state index contributed by atoms with van der Waals surface area (Å²) in [5.74, 6) is 0.871. The third kappa shape index (κ3) is 5.28. The topological polar surface area (TPSA) is 38.5 Å². The Hall–Kier alpha value is -0.120. The molecule has 16 heavy (non-hydrogen) atoms. The second-order valence-corrected chi connectivity index (χ2v) is 5.62. The molecule has 1 unspecified atom stereocenters. The molecule has 1 atom stereocenters. The van der Waals surface area contributed by atoms with E-state index in [4.69, 9.17) is 10.5 Å². The van der Waals surface area contributed by atoms with E-state index in [0.29, 0.717) is 0 Å².